The molecule has 0 radical (unpaired) electrons. The third kappa shape index (κ3) is 6.03. The van der Waals surface area contributed by atoms with E-state index in [1.165, 1.54) is 0 Å². The Morgan fingerprint density at radius 1 is 1.12 bits per heavy atom. The van der Waals surface area contributed by atoms with Gasteiger partial charge in [-0.3, -0.25) is 4.79 Å². The first-order chi connectivity index (χ1) is 14.8. The Balaban J connectivity index is 0.000000416. The van der Waals surface area contributed by atoms with Crippen LogP contribution in [0.5, 0.6) is 0 Å². The van der Waals surface area contributed by atoms with E-state index in [1.54, 1.807) is 6.20 Å². The molecule has 0 amide bonds. The average molecular weight is 632 g/mol. The van der Waals surface area contributed by atoms with Crippen molar-refractivity contribution in [2.45, 2.75) is 47.1 Å². The molecule has 0 aliphatic rings. The Hall–Kier alpha value is -2.54. The SMILES string of the molecule is Cn1cc(NC(C)(C)C)nc1-c1nc2ccc(C(=O)C(C)(C)C)cc2[nH]1.[BiH2][n]1ccnc1. The third-order valence-corrected chi connectivity index (χ3v) is 5.73. The molecular weight excluding hydrogens is 599 g/mol. The zero-order chi connectivity index (χ0) is 23.7. The van der Waals surface area contributed by atoms with Gasteiger partial charge in [0.1, 0.15) is 5.82 Å². The van der Waals surface area contributed by atoms with Gasteiger partial charge in [-0.2, -0.15) is 0 Å². The van der Waals surface area contributed by atoms with E-state index in [2.05, 4.69) is 48.5 Å². The van der Waals surface area contributed by atoms with Gasteiger partial charge in [0.2, 0.25) is 0 Å². The molecular formula is C23H32BiN7O. The quantitative estimate of drug-likeness (QED) is 0.266. The second-order valence-corrected chi connectivity index (χ2v) is 12.2. The van der Waals surface area contributed by atoms with E-state index in [-0.39, 0.29) is 11.3 Å². The number of carbonyl (C=O) groups excluding carboxylic acids is 1. The zero-order valence-corrected chi connectivity index (χ0v) is 24.3. The summed E-state index contributed by atoms with van der Waals surface area (Å²) in [6.45, 7) is 12.1. The van der Waals surface area contributed by atoms with Crippen LogP contribution in [-0.4, -0.2) is 63.3 Å². The van der Waals surface area contributed by atoms with Crippen molar-refractivity contribution in [1.82, 2.24) is 27.0 Å². The first-order valence-electron chi connectivity index (χ1n) is 10.4. The molecule has 32 heavy (non-hydrogen) atoms. The van der Waals surface area contributed by atoms with Crippen molar-refractivity contribution in [3.63, 3.8) is 0 Å². The fourth-order valence-corrected chi connectivity index (χ4v) is 3.69. The molecule has 0 bridgehead atoms. The summed E-state index contributed by atoms with van der Waals surface area (Å²) in [5.74, 6) is 2.35. The van der Waals surface area contributed by atoms with Crippen molar-refractivity contribution in [2.75, 3.05) is 5.32 Å². The molecule has 8 nitrogen and oxygen atoms in total. The van der Waals surface area contributed by atoms with Gasteiger partial charge in [0.25, 0.3) is 0 Å². The van der Waals surface area contributed by atoms with Gasteiger partial charge in [0.05, 0.1) is 11.0 Å². The Morgan fingerprint density at radius 2 is 1.84 bits per heavy atom. The summed E-state index contributed by atoms with van der Waals surface area (Å²) >= 11 is 0.873. The Kier molecular flexibility index (Phi) is 6.89. The molecule has 1 aromatic carbocycles. The number of rotatable bonds is 3. The van der Waals surface area contributed by atoms with Crippen LogP contribution in [0.2, 0.25) is 0 Å². The van der Waals surface area contributed by atoms with Gasteiger partial charge in [0, 0.05) is 29.8 Å². The van der Waals surface area contributed by atoms with Crippen LogP contribution in [0.3, 0.4) is 0 Å². The van der Waals surface area contributed by atoms with Gasteiger partial charge in [-0.1, -0.05) is 20.8 Å². The van der Waals surface area contributed by atoms with Crippen molar-refractivity contribution < 1.29 is 4.79 Å². The summed E-state index contributed by atoms with van der Waals surface area (Å²) in [6.07, 6.45) is 7.53. The van der Waals surface area contributed by atoms with E-state index < -0.39 is 5.41 Å². The first kappa shape index (κ1) is 24.1. The van der Waals surface area contributed by atoms with E-state index in [0.717, 1.165) is 47.7 Å². The Morgan fingerprint density at radius 3 is 2.38 bits per heavy atom. The predicted molar refractivity (Wildman–Crippen MR) is 132 cm³/mol. The number of hydrogen-bond acceptors (Lipinski definition) is 5. The second kappa shape index (κ2) is 9.14. The van der Waals surface area contributed by atoms with E-state index in [0.29, 0.717) is 11.4 Å². The number of H-pyrrole nitrogens is 1. The molecule has 0 aliphatic carbocycles. The Bertz CT molecular complexity index is 1210. The molecule has 0 spiro atoms. The number of carbonyl (C=O) groups is 1. The van der Waals surface area contributed by atoms with E-state index in [1.807, 2.05) is 69.3 Å². The number of aromatic nitrogens is 6. The molecule has 3 heterocycles. The van der Waals surface area contributed by atoms with E-state index in [4.69, 9.17) is 0 Å². The monoisotopic (exact) mass is 631 g/mol. The molecule has 4 rings (SSSR count). The van der Waals surface area contributed by atoms with Crippen molar-refractivity contribution in [3.05, 3.63) is 48.7 Å². The zero-order valence-electron chi connectivity index (χ0n) is 19.8. The molecule has 4 aromatic rings. The number of aromatic amines is 1. The standard InChI is InChI=1S/C20H27N5O.C3H3N2.Bi.2H/c1-19(2,3)16(26)12-8-9-13-14(10-12)22-17(21-13)18-23-15(11-25(18)7)24-20(4,5)6;1-2-5-3-4-1;;;/h8-11,24H,1-7H3,(H,21,22);1-3H;;;/q;-1;+1;;. The van der Waals surface area contributed by atoms with E-state index >= 15 is 0 Å². The molecule has 0 saturated heterocycles. The predicted octanol–water partition coefficient (Wildman–Crippen LogP) is 3.68. The van der Waals surface area contributed by atoms with Crippen molar-refractivity contribution in [2.24, 2.45) is 12.5 Å². The minimum atomic E-state index is -0.413. The average Bonchev–Trinajstić information content (AvgIpc) is 3.38. The number of nitrogens with one attached hydrogen (secondary N) is 2. The second-order valence-electron chi connectivity index (χ2n) is 9.84. The van der Waals surface area contributed by atoms with Gasteiger partial charge in [-0.15, -0.1) is 0 Å². The summed E-state index contributed by atoms with van der Waals surface area (Å²) in [7, 11) is 1.94. The van der Waals surface area contributed by atoms with Crippen LogP contribution in [0.1, 0.15) is 51.9 Å². The molecule has 0 fully saturated rings. The Labute approximate surface area is 204 Å². The first-order valence-corrected chi connectivity index (χ1v) is 12.4. The summed E-state index contributed by atoms with van der Waals surface area (Å²) in [4.78, 5) is 28.9. The number of nitrogens with zero attached hydrogens (tertiary/aromatic N) is 5. The molecule has 2 N–H and O–H groups in total. The third-order valence-electron chi connectivity index (χ3n) is 4.54. The van der Waals surface area contributed by atoms with Crippen LogP contribution in [0.25, 0.3) is 22.7 Å². The molecule has 0 saturated carbocycles. The van der Waals surface area contributed by atoms with Gasteiger partial charge >= 0.3 is 51.2 Å². The molecule has 0 aliphatic heterocycles. The van der Waals surface area contributed by atoms with Crippen LogP contribution in [0, 0.1) is 5.41 Å². The van der Waals surface area contributed by atoms with Crippen molar-refractivity contribution in [1.29, 1.82) is 0 Å². The van der Waals surface area contributed by atoms with Crippen molar-refractivity contribution >= 4 is 47.6 Å². The van der Waals surface area contributed by atoms with Gasteiger partial charge in [-0.25, -0.2) is 9.97 Å². The number of ketones is 1. The number of anilines is 1. The van der Waals surface area contributed by atoms with Gasteiger partial charge in [-0.05, 0) is 39.0 Å². The fourth-order valence-electron chi connectivity index (χ4n) is 3.09. The van der Waals surface area contributed by atoms with Crippen LogP contribution >= 0.6 is 0 Å². The molecule has 0 unspecified atom stereocenters. The number of aryl methyl sites for hydroxylation is 1. The van der Waals surface area contributed by atoms with E-state index in [9.17, 15) is 4.79 Å². The van der Waals surface area contributed by atoms with Crippen LogP contribution in [-0.2, 0) is 7.05 Å². The molecule has 0 atom stereocenters. The van der Waals surface area contributed by atoms with Gasteiger partial charge in [0.15, 0.2) is 17.4 Å². The number of hydrogen-bond donors (Lipinski definition) is 2. The summed E-state index contributed by atoms with van der Waals surface area (Å²) in [6, 6.07) is 5.59. The molecule has 9 heteroatoms. The molecule has 3 aromatic heterocycles. The number of fused-ring (bicyclic) bond motifs is 1. The topological polar surface area (TPSA) is 93.4 Å². The number of Topliss-reactive ketones (excluding diaryl/α,β-unsaturated/α-hetero) is 1. The van der Waals surface area contributed by atoms with Crippen molar-refractivity contribution in [3.8, 4) is 11.6 Å². The number of benzene rings is 1. The van der Waals surface area contributed by atoms with Crippen LogP contribution in [0.4, 0.5) is 5.82 Å². The normalized spacial score (nSPS) is 11.9. The maximum atomic E-state index is 12.5. The van der Waals surface area contributed by atoms with Crippen LogP contribution in [0.15, 0.2) is 43.1 Å². The molecule has 170 valence electrons. The van der Waals surface area contributed by atoms with Crippen LogP contribution < -0.4 is 5.32 Å². The fraction of sp³-hybridized carbons (Fsp3) is 0.391. The van der Waals surface area contributed by atoms with Gasteiger partial charge < -0.3 is 14.9 Å². The number of imidazole rings is 3. The summed E-state index contributed by atoms with van der Waals surface area (Å²) in [5.41, 5.74) is 1.86. The summed E-state index contributed by atoms with van der Waals surface area (Å²) < 4.78 is 3.99. The minimum absolute atomic E-state index is 0.0677. The summed E-state index contributed by atoms with van der Waals surface area (Å²) in [5, 5.41) is 3.37. The maximum absolute atomic E-state index is 12.5.